The third-order valence-electron chi connectivity index (χ3n) is 6.40. The number of urea groups is 1. The number of nitrogens with one attached hydrogen (secondary N) is 1. The number of halogens is 1. The number of aromatic nitrogens is 2. The molecule has 0 atom stereocenters. The second kappa shape index (κ2) is 10.1. The van der Waals surface area contributed by atoms with Crippen LogP contribution in [-0.4, -0.2) is 65.6 Å². The van der Waals surface area contributed by atoms with Gasteiger partial charge in [-0.2, -0.15) is 4.98 Å². The summed E-state index contributed by atoms with van der Waals surface area (Å²) in [5.41, 5.74) is 3.59. The van der Waals surface area contributed by atoms with Gasteiger partial charge in [-0.3, -0.25) is 0 Å². The third-order valence-corrected chi connectivity index (χ3v) is 6.63. The Morgan fingerprint density at radius 1 is 1.03 bits per heavy atom. The molecular formula is C26H29ClN6O2. The molecule has 0 radical (unpaired) electrons. The number of anilines is 2. The number of amides is 2. The molecule has 2 amide bonds. The lowest BCUT2D eigenvalue weighted by atomic mass is 10.1. The fourth-order valence-electron chi connectivity index (χ4n) is 4.26. The molecule has 182 valence electrons. The zero-order valence-electron chi connectivity index (χ0n) is 20.0. The Bertz CT molecular complexity index is 1210. The molecule has 2 aliphatic heterocycles. The van der Waals surface area contributed by atoms with Gasteiger partial charge in [-0.25, -0.2) is 9.78 Å². The number of aryl methyl sites for hydroxylation is 1. The third kappa shape index (κ3) is 5.49. The monoisotopic (exact) mass is 492 g/mol. The largest absolute Gasteiger partial charge is 0.438 e. The highest BCUT2D eigenvalue weighted by atomic mass is 35.5. The van der Waals surface area contributed by atoms with E-state index in [0.717, 1.165) is 43.0 Å². The van der Waals surface area contributed by atoms with Gasteiger partial charge in [0.05, 0.1) is 17.8 Å². The van der Waals surface area contributed by atoms with E-state index in [1.165, 1.54) is 0 Å². The zero-order chi connectivity index (χ0) is 24.4. The first-order chi connectivity index (χ1) is 16.9. The highest BCUT2D eigenvalue weighted by molar-refractivity contribution is 6.30. The average Bonchev–Trinajstić information content (AvgIpc) is 2.85. The molecule has 0 bridgehead atoms. The molecule has 2 aromatic carbocycles. The van der Waals surface area contributed by atoms with Gasteiger partial charge in [0.15, 0.2) is 0 Å². The van der Waals surface area contributed by atoms with Gasteiger partial charge in [-0.05, 0) is 44.3 Å². The van der Waals surface area contributed by atoms with Crippen molar-refractivity contribution in [3.63, 3.8) is 0 Å². The Morgan fingerprint density at radius 2 is 1.80 bits per heavy atom. The van der Waals surface area contributed by atoms with E-state index in [1.807, 2.05) is 43.3 Å². The van der Waals surface area contributed by atoms with E-state index in [-0.39, 0.29) is 6.03 Å². The molecule has 35 heavy (non-hydrogen) atoms. The zero-order valence-corrected chi connectivity index (χ0v) is 20.8. The highest BCUT2D eigenvalue weighted by Gasteiger charge is 2.28. The fourth-order valence-corrected chi connectivity index (χ4v) is 4.45. The van der Waals surface area contributed by atoms with Gasteiger partial charge in [0.2, 0.25) is 11.8 Å². The van der Waals surface area contributed by atoms with Gasteiger partial charge in [-0.15, -0.1) is 0 Å². The second-order valence-electron chi connectivity index (χ2n) is 9.07. The van der Waals surface area contributed by atoms with Crippen LogP contribution in [0.4, 0.5) is 16.4 Å². The SMILES string of the molecule is Cc1ccc(Oc2nc(N3CCN(C)CC3)nc3c2CN(C(=O)Nc2cccc(Cl)c2)CC3)cc1. The molecular weight excluding hydrogens is 464 g/mol. The highest BCUT2D eigenvalue weighted by Crippen LogP contribution is 2.32. The van der Waals surface area contributed by atoms with Crippen LogP contribution >= 0.6 is 11.6 Å². The normalized spacial score (nSPS) is 16.1. The number of fused-ring (bicyclic) bond motifs is 1. The summed E-state index contributed by atoms with van der Waals surface area (Å²) in [6.07, 6.45) is 0.631. The van der Waals surface area contributed by atoms with E-state index in [4.69, 9.17) is 26.3 Å². The number of nitrogens with zero attached hydrogens (tertiary/aromatic N) is 5. The van der Waals surface area contributed by atoms with Crippen LogP contribution in [0.2, 0.25) is 5.02 Å². The van der Waals surface area contributed by atoms with Crippen molar-refractivity contribution in [3.05, 3.63) is 70.4 Å². The summed E-state index contributed by atoms with van der Waals surface area (Å²) in [4.78, 5) is 29.0. The van der Waals surface area contributed by atoms with E-state index in [1.54, 1.807) is 17.0 Å². The molecule has 0 saturated carbocycles. The minimum atomic E-state index is -0.192. The number of rotatable bonds is 4. The predicted molar refractivity (Wildman–Crippen MR) is 138 cm³/mol. The van der Waals surface area contributed by atoms with E-state index in [0.29, 0.717) is 47.8 Å². The molecule has 1 fully saturated rings. The van der Waals surface area contributed by atoms with Gasteiger partial charge in [0.1, 0.15) is 5.75 Å². The summed E-state index contributed by atoms with van der Waals surface area (Å²) in [6, 6.07) is 14.8. The first-order valence-corrected chi connectivity index (χ1v) is 12.2. The smallest absolute Gasteiger partial charge is 0.322 e. The van der Waals surface area contributed by atoms with Crippen molar-refractivity contribution in [1.29, 1.82) is 0 Å². The van der Waals surface area contributed by atoms with Crippen LogP contribution in [0.15, 0.2) is 48.5 Å². The lowest BCUT2D eigenvalue weighted by molar-refractivity contribution is 0.205. The molecule has 5 rings (SSSR count). The van der Waals surface area contributed by atoms with Crippen molar-refractivity contribution in [1.82, 2.24) is 19.8 Å². The maximum Gasteiger partial charge on any atom is 0.322 e. The van der Waals surface area contributed by atoms with Gasteiger partial charge in [0.25, 0.3) is 0 Å². The molecule has 0 unspecified atom stereocenters. The number of ether oxygens (including phenoxy) is 1. The van der Waals surface area contributed by atoms with Crippen LogP contribution in [-0.2, 0) is 13.0 Å². The minimum absolute atomic E-state index is 0.192. The van der Waals surface area contributed by atoms with Crippen LogP contribution in [0.25, 0.3) is 0 Å². The maximum atomic E-state index is 13.0. The fraction of sp³-hybridized carbons (Fsp3) is 0.346. The van der Waals surface area contributed by atoms with Gasteiger partial charge < -0.3 is 24.8 Å². The van der Waals surface area contributed by atoms with E-state index in [2.05, 4.69) is 22.2 Å². The Hall–Kier alpha value is -3.36. The minimum Gasteiger partial charge on any atom is -0.438 e. The Morgan fingerprint density at radius 3 is 2.54 bits per heavy atom. The van der Waals surface area contributed by atoms with Crippen molar-refractivity contribution >= 4 is 29.3 Å². The quantitative estimate of drug-likeness (QED) is 0.575. The number of carbonyl (C=O) groups is 1. The summed E-state index contributed by atoms with van der Waals surface area (Å²) in [5, 5.41) is 3.51. The number of hydrogen-bond donors (Lipinski definition) is 1. The van der Waals surface area contributed by atoms with E-state index >= 15 is 0 Å². The summed E-state index contributed by atoms with van der Waals surface area (Å²) < 4.78 is 6.28. The topological polar surface area (TPSA) is 73.8 Å². The number of benzene rings is 2. The Balaban J connectivity index is 1.42. The molecule has 2 aliphatic rings. The van der Waals surface area contributed by atoms with Crippen LogP contribution in [0.1, 0.15) is 16.8 Å². The van der Waals surface area contributed by atoms with Gasteiger partial charge in [0, 0.05) is 49.9 Å². The molecule has 8 nitrogen and oxygen atoms in total. The van der Waals surface area contributed by atoms with Crippen molar-refractivity contribution in [2.24, 2.45) is 0 Å². The molecule has 3 heterocycles. The lowest BCUT2D eigenvalue weighted by Gasteiger charge is -2.34. The molecule has 9 heteroatoms. The van der Waals surface area contributed by atoms with Crippen LogP contribution in [0.3, 0.4) is 0 Å². The summed E-state index contributed by atoms with van der Waals surface area (Å²) >= 11 is 6.07. The first-order valence-electron chi connectivity index (χ1n) is 11.8. The van der Waals surface area contributed by atoms with Crippen molar-refractivity contribution < 1.29 is 9.53 Å². The predicted octanol–water partition coefficient (Wildman–Crippen LogP) is 4.57. The summed E-state index contributed by atoms with van der Waals surface area (Å²) in [6.45, 7) is 6.63. The standard InChI is InChI=1S/C26H29ClN6O2/c1-18-6-8-21(9-7-18)35-24-22-17-33(26(34)28-20-5-3-4-19(27)16-20)11-10-23(22)29-25(30-24)32-14-12-31(2)13-15-32/h3-9,16H,10-15,17H2,1-2H3,(H,28,34). The molecule has 1 aromatic heterocycles. The van der Waals surface area contributed by atoms with Crippen molar-refractivity contribution in [3.8, 4) is 11.6 Å². The van der Waals surface area contributed by atoms with Crippen molar-refractivity contribution in [2.75, 3.05) is 50.0 Å². The molecule has 1 N–H and O–H groups in total. The Labute approximate surface area is 210 Å². The molecule has 1 saturated heterocycles. The molecule has 0 aliphatic carbocycles. The number of hydrogen-bond acceptors (Lipinski definition) is 6. The second-order valence-corrected chi connectivity index (χ2v) is 9.51. The number of carbonyl (C=O) groups excluding carboxylic acids is 1. The Kier molecular flexibility index (Phi) is 6.74. The van der Waals surface area contributed by atoms with E-state index < -0.39 is 0 Å². The first kappa shape index (κ1) is 23.4. The number of likely N-dealkylation sites (N-methyl/N-ethyl adjacent to an activating group) is 1. The van der Waals surface area contributed by atoms with Crippen molar-refractivity contribution in [2.45, 2.75) is 19.9 Å². The van der Waals surface area contributed by atoms with E-state index in [9.17, 15) is 4.79 Å². The average molecular weight is 493 g/mol. The van der Waals surface area contributed by atoms with Crippen LogP contribution in [0.5, 0.6) is 11.6 Å². The summed E-state index contributed by atoms with van der Waals surface area (Å²) in [7, 11) is 2.13. The maximum absolute atomic E-state index is 13.0. The van der Waals surface area contributed by atoms with Crippen LogP contribution in [0, 0.1) is 6.92 Å². The van der Waals surface area contributed by atoms with Gasteiger partial charge in [-0.1, -0.05) is 35.4 Å². The molecule has 3 aromatic rings. The number of piperazine rings is 1. The lowest BCUT2D eigenvalue weighted by Crippen LogP contribution is -2.45. The summed E-state index contributed by atoms with van der Waals surface area (Å²) in [5.74, 6) is 1.91. The molecule has 0 spiro atoms. The van der Waals surface area contributed by atoms with Crippen LogP contribution < -0.4 is 15.0 Å². The van der Waals surface area contributed by atoms with Gasteiger partial charge >= 0.3 is 6.03 Å².